The predicted molar refractivity (Wildman–Crippen MR) is 72.0 cm³/mol. The van der Waals surface area contributed by atoms with E-state index in [9.17, 15) is 0 Å². The van der Waals surface area contributed by atoms with Gasteiger partial charge in [-0.1, -0.05) is 32.1 Å². The van der Waals surface area contributed by atoms with Crippen LogP contribution in [-0.2, 0) is 6.42 Å². The molecule has 0 radical (unpaired) electrons. The minimum atomic E-state index is 0.625. The molecule has 1 saturated carbocycles. The Morgan fingerprint density at radius 3 is 2.59 bits per heavy atom. The molecule has 1 aliphatic rings. The second-order valence-corrected chi connectivity index (χ2v) is 5.28. The van der Waals surface area contributed by atoms with Crippen molar-refractivity contribution in [2.75, 3.05) is 7.05 Å². The molecule has 0 saturated heterocycles. The lowest BCUT2D eigenvalue weighted by molar-refractivity contribution is 0.302. The Morgan fingerprint density at radius 1 is 1.24 bits per heavy atom. The van der Waals surface area contributed by atoms with Crippen LogP contribution in [0.25, 0.3) is 0 Å². The van der Waals surface area contributed by atoms with Gasteiger partial charge in [0.15, 0.2) is 0 Å². The molecular formula is C15H24N2. The van der Waals surface area contributed by atoms with Gasteiger partial charge < -0.3 is 5.32 Å². The third-order valence-corrected chi connectivity index (χ3v) is 3.98. The van der Waals surface area contributed by atoms with Crippen LogP contribution in [0.4, 0.5) is 0 Å². The summed E-state index contributed by atoms with van der Waals surface area (Å²) in [5.74, 6) is 0.947. The van der Waals surface area contributed by atoms with Gasteiger partial charge in [0.05, 0.1) is 0 Å². The van der Waals surface area contributed by atoms with Gasteiger partial charge in [-0.3, -0.25) is 4.98 Å². The molecule has 2 heteroatoms. The smallest absolute Gasteiger partial charge is 0.0270 e. The first kappa shape index (κ1) is 12.6. The Morgan fingerprint density at radius 2 is 1.94 bits per heavy atom. The van der Waals surface area contributed by atoms with E-state index in [4.69, 9.17) is 0 Å². The van der Waals surface area contributed by atoms with E-state index in [2.05, 4.69) is 29.5 Å². The highest BCUT2D eigenvalue weighted by molar-refractivity contribution is 5.11. The van der Waals surface area contributed by atoms with Crippen LogP contribution in [0, 0.1) is 5.92 Å². The lowest BCUT2D eigenvalue weighted by Crippen LogP contribution is -2.30. The van der Waals surface area contributed by atoms with Gasteiger partial charge in [0.1, 0.15) is 0 Å². The van der Waals surface area contributed by atoms with Crippen LogP contribution in [0.2, 0.25) is 0 Å². The zero-order chi connectivity index (χ0) is 11.9. The number of rotatable bonds is 5. The number of aromatic nitrogens is 1. The highest BCUT2D eigenvalue weighted by atomic mass is 14.9. The zero-order valence-corrected chi connectivity index (χ0v) is 10.9. The van der Waals surface area contributed by atoms with Gasteiger partial charge in [-0.2, -0.15) is 0 Å². The van der Waals surface area contributed by atoms with Crippen molar-refractivity contribution in [2.24, 2.45) is 5.92 Å². The highest BCUT2D eigenvalue weighted by Gasteiger charge is 2.18. The first-order valence-corrected chi connectivity index (χ1v) is 6.94. The predicted octanol–water partition coefficient (Wildman–Crippen LogP) is 3.18. The molecule has 1 aromatic rings. The van der Waals surface area contributed by atoms with Crippen LogP contribution in [-0.4, -0.2) is 18.1 Å². The van der Waals surface area contributed by atoms with Gasteiger partial charge in [0.2, 0.25) is 0 Å². The fourth-order valence-electron chi connectivity index (χ4n) is 2.93. The first-order chi connectivity index (χ1) is 8.38. The van der Waals surface area contributed by atoms with Crippen LogP contribution in [0.5, 0.6) is 0 Å². The van der Waals surface area contributed by atoms with Gasteiger partial charge >= 0.3 is 0 Å². The second kappa shape index (κ2) is 6.75. The molecule has 94 valence electrons. The summed E-state index contributed by atoms with van der Waals surface area (Å²) in [6, 6.07) is 4.89. The summed E-state index contributed by atoms with van der Waals surface area (Å²) in [7, 11) is 2.09. The molecule has 1 N–H and O–H groups in total. The fourth-order valence-corrected chi connectivity index (χ4v) is 2.93. The number of pyridine rings is 1. The standard InChI is InChI=1S/C15H24N2/c1-16-15(11-13-5-3-2-4-6-13)12-14-7-9-17-10-8-14/h7-10,13,15-16H,2-6,11-12H2,1H3. The number of nitrogens with one attached hydrogen (secondary N) is 1. The van der Waals surface area contributed by atoms with Crippen LogP contribution in [0.1, 0.15) is 44.1 Å². The summed E-state index contributed by atoms with van der Waals surface area (Å²) in [6.45, 7) is 0. The molecule has 17 heavy (non-hydrogen) atoms. The van der Waals surface area contributed by atoms with Crippen LogP contribution >= 0.6 is 0 Å². The molecule has 1 aromatic heterocycles. The van der Waals surface area contributed by atoms with Crippen molar-refractivity contribution < 1.29 is 0 Å². The second-order valence-electron chi connectivity index (χ2n) is 5.28. The van der Waals surface area contributed by atoms with Crippen molar-refractivity contribution in [2.45, 2.75) is 51.0 Å². The van der Waals surface area contributed by atoms with Crippen LogP contribution in [0.15, 0.2) is 24.5 Å². The van der Waals surface area contributed by atoms with Crippen molar-refractivity contribution in [3.8, 4) is 0 Å². The quantitative estimate of drug-likeness (QED) is 0.843. The van der Waals surface area contributed by atoms with Crippen molar-refractivity contribution in [3.05, 3.63) is 30.1 Å². The Bertz CT molecular complexity index is 304. The number of likely N-dealkylation sites (N-methyl/N-ethyl adjacent to an activating group) is 1. The largest absolute Gasteiger partial charge is 0.317 e. The molecule has 0 spiro atoms. The zero-order valence-electron chi connectivity index (χ0n) is 10.9. The molecule has 0 bridgehead atoms. The van der Waals surface area contributed by atoms with Gasteiger partial charge in [-0.25, -0.2) is 0 Å². The Hall–Kier alpha value is -0.890. The van der Waals surface area contributed by atoms with E-state index in [1.54, 1.807) is 0 Å². The summed E-state index contributed by atoms with van der Waals surface area (Å²) in [5, 5.41) is 3.48. The van der Waals surface area contributed by atoms with Crippen LogP contribution < -0.4 is 5.32 Å². The molecule has 1 fully saturated rings. The molecule has 1 atom stereocenters. The third-order valence-electron chi connectivity index (χ3n) is 3.98. The van der Waals surface area contributed by atoms with Gasteiger partial charge in [-0.15, -0.1) is 0 Å². The summed E-state index contributed by atoms with van der Waals surface area (Å²) in [6.07, 6.45) is 13.5. The first-order valence-electron chi connectivity index (χ1n) is 6.94. The lowest BCUT2D eigenvalue weighted by Gasteiger charge is -2.26. The van der Waals surface area contributed by atoms with Gasteiger partial charge in [-0.05, 0) is 43.5 Å². The van der Waals surface area contributed by atoms with E-state index in [-0.39, 0.29) is 0 Å². The summed E-state index contributed by atoms with van der Waals surface area (Å²) >= 11 is 0. The van der Waals surface area contributed by atoms with E-state index in [0.717, 1.165) is 12.3 Å². The SMILES string of the molecule is CNC(Cc1ccncc1)CC1CCCCC1. The minimum Gasteiger partial charge on any atom is -0.317 e. The van der Waals surface area contributed by atoms with Crippen molar-refractivity contribution in [1.82, 2.24) is 10.3 Å². The minimum absolute atomic E-state index is 0.625. The van der Waals surface area contributed by atoms with Crippen molar-refractivity contribution in [1.29, 1.82) is 0 Å². The normalized spacial score (nSPS) is 19.1. The van der Waals surface area contributed by atoms with E-state index in [1.165, 1.54) is 44.1 Å². The maximum absolute atomic E-state index is 4.07. The molecule has 0 aromatic carbocycles. The van der Waals surface area contributed by atoms with E-state index in [1.807, 2.05) is 12.4 Å². The molecule has 2 rings (SSSR count). The number of hydrogen-bond donors (Lipinski definition) is 1. The maximum atomic E-state index is 4.07. The molecular weight excluding hydrogens is 208 g/mol. The summed E-state index contributed by atoms with van der Waals surface area (Å²) < 4.78 is 0. The molecule has 1 unspecified atom stereocenters. The third kappa shape index (κ3) is 4.12. The Labute approximate surface area is 105 Å². The number of nitrogens with zero attached hydrogens (tertiary/aromatic N) is 1. The van der Waals surface area contributed by atoms with Crippen LogP contribution in [0.3, 0.4) is 0 Å². The van der Waals surface area contributed by atoms with Gasteiger partial charge in [0.25, 0.3) is 0 Å². The lowest BCUT2D eigenvalue weighted by atomic mass is 9.83. The van der Waals surface area contributed by atoms with Crippen molar-refractivity contribution in [3.63, 3.8) is 0 Å². The molecule has 1 heterocycles. The van der Waals surface area contributed by atoms with Crippen molar-refractivity contribution >= 4 is 0 Å². The Kier molecular flexibility index (Phi) is 4.99. The number of hydrogen-bond acceptors (Lipinski definition) is 2. The highest BCUT2D eigenvalue weighted by Crippen LogP contribution is 2.27. The fraction of sp³-hybridized carbons (Fsp3) is 0.667. The molecule has 0 amide bonds. The average molecular weight is 232 g/mol. The average Bonchev–Trinajstić information content (AvgIpc) is 2.40. The molecule has 2 nitrogen and oxygen atoms in total. The Balaban J connectivity index is 1.83. The van der Waals surface area contributed by atoms with E-state index in [0.29, 0.717) is 6.04 Å². The topological polar surface area (TPSA) is 24.9 Å². The van der Waals surface area contributed by atoms with E-state index < -0.39 is 0 Å². The molecule has 0 aliphatic heterocycles. The summed E-state index contributed by atoms with van der Waals surface area (Å²) in [5.41, 5.74) is 1.40. The molecule has 1 aliphatic carbocycles. The maximum Gasteiger partial charge on any atom is 0.0270 e. The monoisotopic (exact) mass is 232 g/mol. The van der Waals surface area contributed by atoms with Gasteiger partial charge in [0, 0.05) is 18.4 Å². The van der Waals surface area contributed by atoms with E-state index >= 15 is 0 Å². The summed E-state index contributed by atoms with van der Waals surface area (Å²) in [4.78, 5) is 4.07.